The van der Waals surface area contributed by atoms with E-state index in [2.05, 4.69) is 17.0 Å². The van der Waals surface area contributed by atoms with Gasteiger partial charge in [-0.1, -0.05) is 0 Å². The summed E-state index contributed by atoms with van der Waals surface area (Å²) in [6.45, 7) is 12.3. The molecule has 1 rings (SSSR count). The molecular weight excluding hydrogens is 248 g/mol. The summed E-state index contributed by atoms with van der Waals surface area (Å²) in [7, 11) is -1.92. The lowest BCUT2D eigenvalue weighted by Gasteiger charge is -2.29. The predicted octanol–water partition coefficient (Wildman–Crippen LogP) is 1.36. The highest BCUT2D eigenvalue weighted by Gasteiger charge is 2.29. The van der Waals surface area contributed by atoms with Gasteiger partial charge in [0.2, 0.25) is 0 Å². The molecule has 0 spiro atoms. The van der Waals surface area contributed by atoms with Crippen molar-refractivity contribution in [2.45, 2.75) is 32.9 Å². The first-order valence-corrected chi connectivity index (χ1v) is 9.56. The van der Waals surface area contributed by atoms with Gasteiger partial charge in [-0.3, -0.25) is 5.43 Å². The third-order valence-electron chi connectivity index (χ3n) is 3.05. The van der Waals surface area contributed by atoms with Crippen LogP contribution in [0.1, 0.15) is 20.3 Å². The molecule has 0 amide bonds. The van der Waals surface area contributed by atoms with Crippen molar-refractivity contribution in [1.29, 1.82) is 0 Å². The zero-order valence-corrected chi connectivity index (χ0v) is 13.0. The van der Waals surface area contributed by atoms with Crippen LogP contribution >= 0.6 is 0 Å². The fourth-order valence-electron chi connectivity index (χ4n) is 2.16. The van der Waals surface area contributed by atoms with Crippen molar-refractivity contribution >= 4 is 8.56 Å². The van der Waals surface area contributed by atoms with Crippen LogP contribution in [0.2, 0.25) is 12.6 Å². The Bertz CT molecular complexity index is 207. The molecule has 0 aromatic heterocycles. The lowest BCUT2D eigenvalue weighted by molar-refractivity contribution is 0.0120. The van der Waals surface area contributed by atoms with E-state index >= 15 is 0 Å². The van der Waals surface area contributed by atoms with Crippen LogP contribution in [0.15, 0.2) is 0 Å². The average Bonchev–Trinajstić information content (AvgIpc) is 2.37. The van der Waals surface area contributed by atoms with Crippen LogP contribution in [0.3, 0.4) is 0 Å². The van der Waals surface area contributed by atoms with Crippen molar-refractivity contribution < 1.29 is 13.6 Å². The molecule has 5 nitrogen and oxygen atoms in total. The van der Waals surface area contributed by atoms with Gasteiger partial charge in [0.25, 0.3) is 0 Å². The Morgan fingerprint density at radius 1 is 1.17 bits per heavy atom. The number of hydrogen-bond acceptors (Lipinski definition) is 5. The van der Waals surface area contributed by atoms with Crippen LogP contribution in [0.4, 0.5) is 0 Å². The molecule has 0 aromatic rings. The highest BCUT2D eigenvalue weighted by molar-refractivity contribution is 6.66. The summed E-state index contributed by atoms with van der Waals surface area (Å²) < 4.78 is 16.9. The van der Waals surface area contributed by atoms with E-state index in [1.54, 1.807) is 0 Å². The summed E-state index contributed by atoms with van der Waals surface area (Å²) in [5.41, 5.74) is 3.44. The first-order valence-electron chi connectivity index (χ1n) is 7.04. The summed E-state index contributed by atoms with van der Waals surface area (Å²) in [4.78, 5) is 0. The molecule has 18 heavy (non-hydrogen) atoms. The van der Waals surface area contributed by atoms with E-state index in [0.29, 0.717) is 0 Å². The van der Waals surface area contributed by atoms with Crippen LogP contribution < -0.4 is 5.43 Å². The Morgan fingerprint density at radius 2 is 1.78 bits per heavy atom. The zero-order chi connectivity index (χ0) is 13.3. The van der Waals surface area contributed by atoms with Crippen molar-refractivity contribution in [3.63, 3.8) is 0 Å². The normalized spacial score (nSPS) is 18.2. The Kier molecular flexibility index (Phi) is 8.04. The van der Waals surface area contributed by atoms with E-state index in [9.17, 15) is 0 Å². The van der Waals surface area contributed by atoms with E-state index in [0.717, 1.165) is 58.5 Å². The third-order valence-corrected chi connectivity index (χ3v) is 6.11. The topological polar surface area (TPSA) is 43.0 Å². The zero-order valence-electron chi connectivity index (χ0n) is 12.0. The van der Waals surface area contributed by atoms with Gasteiger partial charge < -0.3 is 13.6 Å². The molecule has 1 fully saturated rings. The molecule has 0 radical (unpaired) electrons. The summed E-state index contributed by atoms with van der Waals surface area (Å²) in [5.74, 6) is 0. The van der Waals surface area contributed by atoms with Gasteiger partial charge in [0, 0.05) is 32.8 Å². The van der Waals surface area contributed by atoms with Crippen molar-refractivity contribution in [2.24, 2.45) is 0 Å². The summed E-state index contributed by atoms with van der Waals surface area (Å²) in [6.07, 6.45) is 1.10. The second-order valence-corrected chi connectivity index (χ2v) is 7.96. The minimum Gasteiger partial charge on any atom is -0.395 e. The summed E-state index contributed by atoms with van der Waals surface area (Å²) in [5, 5.41) is 2.24. The fraction of sp³-hybridized carbons (Fsp3) is 1.00. The van der Waals surface area contributed by atoms with Crippen molar-refractivity contribution in [3.05, 3.63) is 0 Å². The first kappa shape index (κ1) is 16.1. The molecule has 0 aromatic carbocycles. The molecule has 0 aliphatic carbocycles. The number of rotatable bonds is 9. The smallest absolute Gasteiger partial charge is 0.334 e. The lowest BCUT2D eigenvalue weighted by atomic mass is 10.5. The molecule has 1 heterocycles. The van der Waals surface area contributed by atoms with Crippen LogP contribution in [-0.4, -0.2) is 59.6 Å². The molecule has 0 unspecified atom stereocenters. The Hall–Kier alpha value is 0.0169. The maximum Gasteiger partial charge on any atom is 0.334 e. The van der Waals surface area contributed by atoms with Gasteiger partial charge >= 0.3 is 8.56 Å². The van der Waals surface area contributed by atoms with E-state index in [-0.39, 0.29) is 0 Å². The van der Waals surface area contributed by atoms with Crippen LogP contribution in [-0.2, 0) is 13.6 Å². The average molecular weight is 276 g/mol. The van der Waals surface area contributed by atoms with E-state index < -0.39 is 8.56 Å². The van der Waals surface area contributed by atoms with E-state index in [1.165, 1.54) is 0 Å². The minimum absolute atomic E-state index is 0.750. The number of morpholine rings is 1. The van der Waals surface area contributed by atoms with Gasteiger partial charge in [0.05, 0.1) is 13.2 Å². The van der Waals surface area contributed by atoms with Gasteiger partial charge in [-0.05, 0) is 32.9 Å². The maximum absolute atomic E-state index is 5.82. The largest absolute Gasteiger partial charge is 0.395 e. The molecular formula is C12H28N2O3Si. The Balaban J connectivity index is 2.13. The van der Waals surface area contributed by atoms with Crippen LogP contribution in [0.25, 0.3) is 0 Å². The number of hydrogen-bond donors (Lipinski definition) is 1. The quantitative estimate of drug-likeness (QED) is 0.509. The Labute approximate surface area is 112 Å². The highest BCUT2D eigenvalue weighted by Crippen LogP contribution is 2.15. The second kappa shape index (κ2) is 9.01. The molecule has 1 saturated heterocycles. The molecule has 0 atom stereocenters. The summed E-state index contributed by atoms with van der Waals surface area (Å²) in [6, 6.07) is 1.05. The maximum atomic E-state index is 5.82. The lowest BCUT2D eigenvalue weighted by Crippen LogP contribution is -2.46. The van der Waals surface area contributed by atoms with Crippen molar-refractivity contribution in [1.82, 2.24) is 10.4 Å². The standard InChI is InChI=1S/C12H28N2O3Si/c1-4-16-18(3,17-5-2)12-6-7-13-14-8-10-15-11-9-14/h13H,4-12H2,1-3H3. The van der Waals surface area contributed by atoms with Gasteiger partial charge in [0.1, 0.15) is 0 Å². The van der Waals surface area contributed by atoms with Crippen LogP contribution in [0.5, 0.6) is 0 Å². The van der Waals surface area contributed by atoms with Crippen molar-refractivity contribution in [2.75, 3.05) is 46.1 Å². The molecule has 0 bridgehead atoms. The SMILES string of the molecule is CCO[Si](C)(CCCNN1CCOCC1)OCC. The molecule has 6 heteroatoms. The number of hydrazine groups is 1. The number of ether oxygens (including phenoxy) is 1. The van der Waals surface area contributed by atoms with Crippen molar-refractivity contribution in [3.8, 4) is 0 Å². The third kappa shape index (κ3) is 6.26. The van der Waals surface area contributed by atoms with Gasteiger partial charge in [-0.15, -0.1) is 0 Å². The summed E-state index contributed by atoms with van der Waals surface area (Å²) >= 11 is 0. The molecule has 1 N–H and O–H groups in total. The highest BCUT2D eigenvalue weighted by atomic mass is 28.4. The molecule has 108 valence electrons. The van der Waals surface area contributed by atoms with Gasteiger partial charge in [-0.2, -0.15) is 0 Å². The van der Waals surface area contributed by atoms with E-state index in [1.807, 2.05) is 13.8 Å². The second-order valence-electron chi connectivity index (χ2n) is 4.61. The predicted molar refractivity (Wildman–Crippen MR) is 74.7 cm³/mol. The first-order chi connectivity index (χ1) is 8.70. The van der Waals surface area contributed by atoms with Gasteiger partial charge in [0.15, 0.2) is 0 Å². The van der Waals surface area contributed by atoms with Crippen LogP contribution in [0, 0.1) is 0 Å². The minimum atomic E-state index is -1.92. The van der Waals surface area contributed by atoms with Gasteiger partial charge in [-0.25, -0.2) is 5.01 Å². The number of nitrogens with zero attached hydrogens (tertiary/aromatic N) is 1. The monoisotopic (exact) mass is 276 g/mol. The number of nitrogens with one attached hydrogen (secondary N) is 1. The molecule has 0 saturated carbocycles. The fourth-order valence-corrected chi connectivity index (χ4v) is 4.58. The molecule has 1 aliphatic rings. The Morgan fingerprint density at radius 3 is 2.33 bits per heavy atom. The molecule has 1 aliphatic heterocycles. The van der Waals surface area contributed by atoms with E-state index in [4.69, 9.17) is 13.6 Å².